The van der Waals surface area contributed by atoms with Crippen LogP contribution in [0.4, 0.5) is 5.69 Å². The van der Waals surface area contributed by atoms with Gasteiger partial charge in [0.15, 0.2) is 0 Å². The molecule has 2 heteroatoms. The lowest BCUT2D eigenvalue weighted by atomic mass is 9.94. The van der Waals surface area contributed by atoms with E-state index >= 15 is 0 Å². The summed E-state index contributed by atoms with van der Waals surface area (Å²) in [5.41, 5.74) is 4.03. The van der Waals surface area contributed by atoms with Gasteiger partial charge < -0.3 is 10.3 Å². The summed E-state index contributed by atoms with van der Waals surface area (Å²) in [4.78, 5) is 2.20. The molecule has 1 unspecified atom stereocenters. The van der Waals surface area contributed by atoms with Crippen LogP contribution in [0.5, 0.6) is 0 Å². The van der Waals surface area contributed by atoms with E-state index in [0.717, 1.165) is 12.8 Å². The lowest BCUT2D eigenvalue weighted by Crippen LogP contribution is -2.32. The van der Waals surface area contributed by atoms with E-state index in [1.54, 1.807) is 0 Å². The van der Waals surface area contributed by atoms with Crippen LogP contribution in [0.2, 0.25) is 0 Å². The van der Waals surface area contributed by atoms with Gasteiger partial charge in [-0.15, -0.1) is 0 Å². The van der Waals surface area contributed by atoms with E-state index in [1.165, 1.54) is 23.0 Å². The third kappa shape index (κ3) is 4.09. The van der Waals surface area contributed by atoms with Crippen molar-refractivity contribution in [2.75, 3.05) is 4.90 Å². The Morgan fingerprint density at radius 3 is 2.45 bits per heavy atom. The van der Waals surface area contributed by atoms with Crippen molar-refractivity contribution in [2.45, 2.75) is 46.6 Å². The van der Waals surface area contributed by atoms with E-state index in [2.05, 4.69) is 63.1 Å². The predicted octanol–water partition coefficient (Wildman–Crippen LogP) is 4.99. The lowest BCUT2D eigenvalue weighted by Gasteiger charge is -2.30. The van der Waals surface area contributed by atoms with Crippen molar-refractivity contribution in [3.63, 3.8) is 0 Å². The van der Waals surface area contributed by atoms with E-state index in [-0.39, 0.29) is 6.04 Å². The molecule has 22 heavy (non-hydrogen) atoms. The van der Waals surface area contributed by atoms with Crippen LogP contribution in [-0.2, 0) is 12.8 Å². The second-order valence-electron chi connectivity index (χ2n) is 6.95. The number of hydrogen-bond donors (Lipinski definition) is 1. The van der Waals surface area contributed by atoms with Crippen molar-refractivity contribution in [3.8, 4) is 0 Å². The molecule has 0 aromatic heterocycles. The molecule has 0 saturated heterocycles. The Hall–Kier alpha value is -1.83. The number of allylic oxidation sites excluding steroid dienone is 2. The van der Waals surface area contributed by atoms with Crippen LogP contribution >= 0.6 is 0 Å². The van der Waals surface area contributed by atoms with Gasteiger partial charge in [0.05, 0.1) is 6.04 Å². The molecule has 0 radical (unpaired) electrons. The minimum absolute atomic E-state index is 0.0202. The smallest absolute Gasteiger partial charge is 0.0867 e. The van der Waals surface area contributed by atoms with Crippen LogP contribution in [0.15, 0.2) is 42.6 Å². The quantitative estimate of drug-likeness (QED) is 0.735. The zero-order valence-electron chi connectivity index (χ0n) is 14.2. The molecule has 1 aromatic carbocycles. The molecule has 0 bridgehead atoms. The standard InChI is InChI=1S/C20H28N2/c1-15(2)11-17-8-9-20(18(13-17)12-16(3)4)22-10-6-5-7-19(22)14-21/h5-10,13-16,19,21H,11-12H2,1-4H3. The Morgan fingerprint density at radius 1 is 1.09 bits per heavy atom. The van der Waals surface area contributed by atoms with Gasteiger partial charge in [-0.1, -0.05) is 52.0 Å². The van der Waals surface area contributed by atoms with Gasteiger partial charge >= 0.3 is 0 Å². The van der Waals surface area contributed by atoms with E-state index in [4.69, 9.17) is 5.41 Å². The van der Waals surface area contributed by atoms with Crippen LogP contribution in [0, 0.1) is 17.2 Å². The molecular weight excluding hydrogens is 268 g/mol. The Bertz CT molecular complexity index is 567. The SMILES string of the molecule is CC(C)Cc1ccc(N2C=CC=CC2C=N)c(CC(C)C)c1. The summed E-state index contributed by atoms with van der Waals surface area (Å²) in [5.74, 6) is 1.29. The molecule has 1 heterocycles. The lowest BCUT2D eigenvalue weighted by molar-refractivity contribution is 0.635. The van der Waals surface area contributed by atoms with Gasteiger partial charge in [0.1, 0.15) is 0 Å². The molecule has 0 amide bonds. The monoisotopic (exact) mass is 296 g/mol. The first-order valence-electron chi connectivity index (χ1n) is 8.27. The van der Waals surface area contributed by atoms with Crippen LogP contribution < -0.4 is 4.90 Å². The molecule has 1 aliphatic rings. The number of hydrogen-bond acceptors (Lipinski definition) is 2. The van der Waals surface area contributed by atoms with Crippen molar-refractivity contribution in [2.24, 2.45) is 11.8 Å². The summed E-state index contributed by atoms with van der Waals surface area (Å²) in [6.07, 6.45) is 11.9. The minimum Gasteiger partial charge on any atom is -0.336 e. The van der Waals surface area contributed by atoms with Gasteiger partial charge in [-0.05, 0) is 47.9 Å². The molecule has 2 nitrogen and oxygen atoms in total. The normalized spacial score (nSPS) is 17.5. The summed E-state index contributed by atoms with van der Waals surface area (Å²) in [7, 11) is 0. The topological polar surface area (TPSA) is 27.1 Å². The summed E-state index contributed by atoms with van der Waals surface area (Å²) in [5, 5.41) is 7.67. The average molecular weight is 296 g/mol. The summed E-state index contributed by atoms with van der Waals surface area (Å²) >= 11 is 0. The Labute approximate surface area is 135 Å². The highest BCUT2D eigenvalue weighted by Crippen LogP contribution is 2.28. The van der Waals surface area contributed by atoms with Crippen LogP contribution in [0.3, 0.4) is 0 Å². The molecule has 0 aliphatic carbocycles. The molecule has 0 spiro atoms. The second kappa shape index (κ2) is 7.44. The summed E-state index contributed by atoms with van der Waals surface area (Å²) < 4.78 is 0. The van der Waals surface area contributed by atoms with E-state index in [0.29, 0.717) is 11.8 Å². The van der Waals surface area contributed by atoms with E-state index < -0.39 is 0 Å². The average Bonchev–Trinajstić information content (AvgIpc) is 2.46. The zero-order valence-corrected chi connectivity index (χ0v) is 14.2. The van der Waals surface area contributed by atoms with Crippen LogP contribution in [0.25, 0.3) is 0 Å². The van der Waals surface area contributed by atoms with Gasteiger partial charge in [0.2, 0.25) is 0 Å². The third-order valence-electron chi connectivity index (χ3n) is 3.85. The fourth-order valence-electron chi connectivity index (χ4n) is 2.98. The predicted molar refractivity (Wildman–Crippen MR) is 96.9 cm³/mol. The van der Waals surface area contributed by atoms with Gasteiger partial charge in [-0.3, -0.25) is 0 Å². The molecule has 1 aliphatic heterocycles. The first kappa shape index (κ1) is 16.5. The zero-order chi connectivity index (χ0) is 16.1. The van der Waals surface area contributed by atoms with Crippen LogP contribution in [-0.4, -0.2) is 12.3 Å². The van der Waals surface area contributed by atoms with Crippen LogP contribution in [0.1, 0.15) is 38.8 Å². The van der Waals surface area contributed by atoms with Gasteiger partial charge in [-0.2, -0.15) is 0 Å². The molecule has 118 valence electrons. The van der Waals surface area contributed by atoms with Crippen molar-refractivity contribution >= 4 is 11.9 Å². The number of anilines is 1. The fraction of sp³-hybridized carbons (Fsp3) is 0.450. The Morgan fingerprint density at radius 2 is 1.82 bits per heavy atom. The maximum Gasteiger partial charge on any atom is 0.0867 e. The van der Waals surface area contributed by atoms with Gasteiger partial charge in [-0.25, -0.2) is 0 Å². The molecule has 1 aromatic rings. The number of nitrogens with zero attached hydrogens (tertiary/aromatic N) is 1. The molecule has 2 rings (SSSR count). The molecular formula is C20H28N2. The van der Waals surface area contributed by atoms with Crippen molar-refractivity contribution in [1.29, 1.82) is 5.41 Å². The highest BCUT2D eigenvalue weighted by Gasteiger charge is 2.18. The maximum atomic E-state index is 7.67. The Kier molecular flexibility index (Phi) is 5.59. The largest absolute Gasteiger partial charge is 0.336 e. The maximum absolute atomic E-state index is 7.67. The number of nitrogens with one attached hydrogen (secondary N) is 1. The Balaban J connectivity index is 2.38. The fourth-order valence-corrected chi connectivity index (χ4v) is 2.98. The van der Waals surface area contributed by atoms with E-state index in [9.17, 15) is 0 Å². The molecule has 1 atom stereocenters. The molecule has 0 fully saturated rings. The minimum atomic E-state index is 0.0202. The number of benzene rings is 1. The highest BCUT2D eigenvalue weighted by molar-refractivity contribution is 5.75. The highest BCUT2D eigenvalue weighted by atomic mass is 15.1. The second-order valence-corrected chi connectivity index (χ2v) is 6.95. The number of rotatable bonds is 6. The van der Waals surface area contributed by atoms with Crippen molar-refractivity contribution in [1.82, 2.24) is 0 Å². The van der Waals surface area contributed by atoms with Crippen molar-refractivity contribution < 1.29 is 0 Å². The van der Waals surface area contributed by atoms with Gasteiger partial charge in [0.25, 0.3) is 0 Å². The van der Waals surface area contributed by atoms with E-state index in [1.807, 2.05) is 12.2 Å². The molecule has 1 N–H and O–H groups in total. The summed E-state index contributed by atoms with van der Waals surface area (Å²) in [6.45, 7) is 9.05. The third-order valence-corrected chi connectivity index (χ3v) is 3.85. The first-order valence-corrected chi connectivity index (χ1v) is 8.27. The first-order chi connectivity index (χ1) is 10.5. The van der Waals surface area contributed by atoms with Crippen molar-refractivity contribution in [3.05, 3.63) is 53.8 Å². The van der Waals surface area contributed by atoms with Gasteiger partial charge in [0, 0.05) is 18.1 Å². The summed E-state index contributed by atoms with van der Waals surface area (Å²) in [6, 6.07) is 6.86. The molecule has 0 saturated carbocycles.